The summed E-state index contributed by atoms with van der Waals surface area (Å²) >= 11 is 0. The van der Waals surface area contributed by atoms with E-state index in [0.717, 1.165) is 12.0 Å². The standard InChI is InChI=1S/C20H22N2O4/c1-3-13(2)22-20(24)15-6-4-14(5-7-15)11-21-19(23)16-8-9-17-18(10-16)26-12-25-17/h4-10,13H,3,11-12H2,1-2H3,(H,21,23)(H,22,24). The zero-order valence-electron chi connectivity index (χ0n) is 14.9. The van der Waals surface area contributed by atoms with E-state index in [1.54, 1.807) is 30.3 Å². The van der Waals surface area contributed by atoms with E-state index < -0.39 is 0 Å². The predicted molar refractivity (Wildman–Crippen MR) is 97.4 cm³/mol. The minimum absolute atomic E-state index is 0.0877. The molecule has 2 aromatic carbocycles. The van der Waals surface area contributed by atoms with E-state index in [2.05, 4.69) is 10.6 Å². The van der Waals surface area contributed by atoms with Crippen LogP contribution in [0.4, 0.5) is 0 Å². The van der Waals surface area contributed by atoms with Gasteiger partial charge in [-0.1, -0.05) is 19.1 Å². The second-order valence-corrected chi connectivity index (χ2v) is 6.23. The van der Waals surface area contributed by atoms with Crippen LogP contribution in [0.15, 0.2) is 42.5 Å². The normalized spacial score (nSPS) is 13.2. The van der Waals surface area contributed by atoms with Crippen molar-refractivity contribution in [2.24, 2.45) is 0 Å². The zero-order chi connectivity index (χ0) is 18.5. The summed E-state index contributed by atoms with van der Waals surface area (Å²) in [5.74, 6) is 0.944. The molecule has 0 saturated heterocycles. The lowest BCUT2D eigenvalue weighted by atomic mass is 10.1. The molecule has 0 bridgehead atoms. The van der Waals surface area contributed by atoms with Crippen LogP contribution in [0.2, 0.25) is 0 Å². The third kappa shape index (κ3) is 4.14. The Balaban J connectivity index is 1.56. The number of nitrogens with one attached hydrogen (secondary N) is 2. The molecule has 6 heteroatoms. The molecule has 1 aliphatic heterocycles. The van der Waals surface area contributed by atoms with Gasteiger partial charge in [0.2, 0.25) is 6.79 Å². The number of rotatable bonds is 6. The molecule has 0 spiro atoms. The predicted octanol–water partition coefficient (Wildman–Crippen LogP) is 2.87. The van der Waals surface area contributed by atoms with Crippen molar-refractivity contribution in [2.75, 3.05) is 6.79 Å². The smallest absolute Gasteiger partial charge is 0.251 e. The lowest BCUT2D eigenvalue weighted by Crippen LogP contribution is -2.31. The van der Waals surface area contributed by atoms with Crippen LogP contribution >= 0.6 is 0 Å². The number of benzene rings is 2. The molecule has 0 saturated carbocycles. The van der Waals surface area contributed by atoms with Crippen LogP contribution in [0.1, 0.15) is 46.5 Å². The molecule has 2 N–H and O–H groups in total. The monoisotopic (exact) mass is 354 g/mol. The van der Waals surface area contributed by atoms with Gasteiger partial charge in [0.25, 0.3) is 11.8 Å². The van der Waals surface area contributed by atoms with Crippen LogP contribution in [0.25, 0.3) is 0 Å². The van der Waals surface area contributed by atoms with E-state index >= 15 is 0 Å². The Bertz CT molecular complexity index is 802. The highest BCUT2D eigenvalue weighted by molar-refractivity contribution is 5.95. The zero-order valence-corrected chi connectivity index (χ0v) is 14.9. The molecule has 2 aromatic rings. The highest BCUT2D eigenvalue weighted by atomic mass is 16.7. The molecule has 0 aromatic heterocycles. The molecular weight excluding hydrogens is 332 g/mol. The Morgan fingerprint density at radius 1 is 1.00 bits per heavy atom. The Morgan fingerprint density at radius 2 is 1.69 bits per heavy atom. The van der Waals surface area contributed by atoms with E-state index in [1.165, 1.54) is 0 Å². The van der Waals surface area contributed by atoms with Gasteiger partial charge in [-0.05, 0) is 49.2 Å². The van der Waals surface area contributed by atoms with E-state index in [4.69, 9.17) is 9.47 Å². The molecule has 1 unspecified atom stereocenters. The van der Waals surface area contributed by atoms with Crippen molar-refractivity contribution in [2.45, 2.75) is 32.9 Å². The highest BCUT2D eigenvalue weighted by Crippen LogP contribution is 2.32. The fourth-order valence-electron chi connectivity index (χ4n) is 2.51. The van der Waals surface area contributed by atoms with Gasteiger partial charge in [0, 0.05) is 23.7 Å². The first-order chi connectivity index (χ1) is 12.6. The largest absolute Gasteiger partial charge is 0.454 e. The summed E-state index contributed by atoms with van der Waals surface area (Å²) in [5.41, 5.74) is 2.04. The summed E-state index contributed by atoms with van der Waals surface area (Å²) in [5, 5.41) is 5.79. The molecule has 0 radical (unpaired) electrons. The SMILES string of the molecule is CCC(C)NC(=O)c1ccc(CNC(=O)c2ccc3c(c2)OCO3)cc1. The molecule has 0 fully saturated rings. The van der Waals surface area contributed by atoms with Gasteiger partial charge in [-0.2, -0.15) is 0 Å². The van der Waals surface area contributed by atoms with Crippen molar-refractivity contribution in [3.05, 3.63) is 59.2 Å². The number of carbonyl (C=O) groups excluding carboxylic acids is 2. The first kappa shape index (κ1) is 17.8. The first-order valence-corrected chi connectivity index (χ1v) is 8.64. The second kappa shape index (κ2) is 7.91. The van der Waals surface area contributed by atoms with Crippen molar-refractivity contribution in [1.82, 2.24) is 10.6 Å². The Labute approximate surface area is 152 Å². The molecule has 26 heavy (non-hydrogen) atoms. The van der Waals surface area contributed by atoms with Crippen LogP contribution < -0.4 is 20.1 Å². The fraction of sp³-hybridized carbons (Fsp3) is 0.300. The van der Waals surface area contributed by atoms with Crippen molar-refractivity contribution in [3.63, 3.8) is 0 Å². The summed E-state index contributed by atoms with van der Waals surface area (Å²) in [7, 11) is 0. The third-order valence-electron chi connectivity index (χ3n) is 4.29. The number of fused-ring (bicyclic) bond motifs is 1. The average Bonchev–Trinajstić information content (AvgIpc) is 3.14. The Hall–Kier alpha value is -3.02. The van der Waals surface area contributed by atoms with Crippen LogP contribution in [0, 0.1) is 0 Å². The van der Waals surface area contributed by atoms with Crippen LogP contribution in [0.5, 0.6) is 11.5 Å². The first-order valence-electron chi connectivity index (χ1n) is 8.64. The molecule has 1 heterocycles. The van der Waals surface area contributed by atoms with Gasteiger partial charge >= 0.3 is 0 Å². The molecular formula is C20H22N2O4. The van der Waals surface area contributed by atoms with Crippen molar-refractivity contribution >= 4 is 11.8 Å². The van der Waals surface area contributed by atoms with Crippen molar-refractivity contribution in [1.29, 1.82) is 0 Å². The number of carbonyl (C=O) groups is 2. The maximum Gasteiger partial charge on any atom is 0.251 e. The lowest BCUT2D eigenvalue weighted by molar-refractivity contribution is 0.0934. The fourth-order valence-corrected chi connectivity index (χ4v) is 2.51. The quantitative estimate of drug-likeness (QED) is 0.836. The molecule has 1 atom stereocenters. The maximum atomic E-state index is 12.3. The number of hydrogen-bond donors (Lipinski definition) is 2. The van der Waals surface area contributed by atoms with Gasteiger partial charge < -0.3 is 20.1 Å². The lowest BCUT2D eigenvalue weighted by Gasteiger charge is -2.11. The number of hydrogen-bond acceptors (Lipinski definition) is 4. The average molecular weight is 354 g/mol. The maximum absolute atomic E-state index is 12.3. The minimum Gasteiger partial charge on any atom is -0.454 e. The topological polar surface area (TPSA) is 76.7 Å². The summed E-state index contributed by atoms with van der Waals surface area (Å²) in [6.07, 6.45) is 0.885. The molecule has 3 rings (SSSR count). The van der Waals surface area contributed by atoms with Gasteiger partial charge in [-0.25, -0.2) is 0 Å². The van der Waals surface area contributed by atoms with Gasteiger partial charge in [-0.15, -0.1) is 0 Å². The number of amides is 2. The van der Waals surface area contributed by atoms with E-state index in [1.807, 2.05) is 26.0 Å². The van der Waals surface area contributed by atoms with Crippen LogP contribution in [-0.2, 0) is 6.54 Å². The van der Waals surface area contributed by atoms with Crippen molar-refractivity contribution < 1.29 is 19.1 Å². The summed E-state index contributed by atoms with van der Waals surface area (Å²) in [6.45, 7) is 4.55. The third-order valence-corrected chi connectivity index (χ3v) is 4.29. The van der Waals surface area contributed by atoms with Crippen molar-refractivity contribution in [3.8, 4) is 11.5 Å². The van der Waals surface area contributed by atoms with Crippen LogP contribution in [0.3, 0.4) is 0 Å². The summed E-state index contributed by atoms with van der Waals surface area (Å²) in [6, 6.07) is 12.4. The summed E-state index contributed by atoms with van der Waals surface area (Å²) in [4.78, 5) is 24.3. The van der Waals surface area contributed by atoms with Gasteiger partial charge in [-0.3, -0.25) is 9.59 Å². The molecule has 136 valence electrons. The van der Waals surface area contributed by atoms with Gasteiger partial charge in [0.1, 0.15) is 0 Å². The van der Waals surface area contributed by atoms with Gasteiger partial charge in [0.05, 0.1) is 0 Å². The van der Waals surface area contributed by atoms with E-state index in [0.29, 0.717) is 29.2 Å². The molecule has 2 amide bonds. The second-order valence-electron chi connectivity index (χ2n) is 6.23. The highest BCUT2D eigenvalue weighted by Gasteiger charge is 2.16. The van der Waals surface area contributed by atoms with Crippen LogP contribution in [-0.4, -0.2) is 24.6 Å². The Kier molecular flexibility index (Phi) is 5.41. The minimum atomic E-state index is -0.193. The van der Waals surface area contributed by atoms with E-state index in [-0.39, 0.29) is 24.6 Å². The van der Waals surface area contributed by atoms with E-state index in [9.17, 15) is 9.59 Å². The molecule has 0 aliphatic carbocycles. The molecule has 1 aliphatic rings. The number of ether oxygens (including phenoxy) is 2. The van der Waals surface area contributed by atoms with Gasteiger partial charge in [0.15, 0.2) is 11.5 Å². The Morgan fingerprint density at radius 3 is 2.42 bits per heavy atom. The molecule has 6 nitrogen and oxygen atoms in total. The summed E-state index contributed by atoms with van der Waals surface area (Å²) < 4.78 is 10.5.